The predicted molar refractivity (Wildman–Crippen MR) is 111 cm³/mol. The molecule has 29 heavy (non-hydrogen) atoms. The molecule has 1 N–H and O–H groups in total. The van der Waals surface area contributed by atoms with Crippen LogP contribution in [0.25, 0.3) is 0 Å². The average Bonchev–Trinajstić information content (AvgIpc) is 3.19. The Labute approximate surface area is 176 Å². The van der Waals surface area contributed by atoms with Crippen molar-refractivity contribution in [2.45, 2.75) is 19.3 Å². The number of ether oxygens (including phenoxy) is 3. The second-order valence-electron chi connectivity index (χ2n) is 7.56. The van der Waals surface area contributed by atoms with Crippen LogP contribution in [0.5, 0.6) is 11.5 Å². The zero-order valence-corrected chi connectivity index (χ0v) is 17.2. The number of hydrogen-bond donors (Lipinski definition) is 1. The highest BCUT2D eigenvalue weighted by Crippen LogP contribution is 2.32. The standard InChI is InChI=1S/C22H27ClN2O4/c23-19-4-1-17(2-5-19)12-24-7-9-25(10-8-24)13-20(26)15-27-14-18-3-6-21-22(11-18)29-16-28-21/h1-6,11,20,26H,7-10,12-16H2. The lowest BCUT2D eigenvalue weighted by Gasteiger charge is -2.35. The van der Waals surface area contributed by atoms with Crippen molar-refractivity contribution in [3.05, 3.63) is 58.6 Å². The first-order chi connectivity index (χ1) is 14.2. The minimum absolute atomic E-state index is 0.269. The Hall–Kier alpha value is -1.83. The van der Waals surface area contributed by atoms with Crippen LogP contribution < -0.4 is 9.47 Å². The van der Waals surface area contributed by atoms with Crippen molar-refractivity contribution >= 4 is 11.6 Å². The van der Waals surface area contributed by atoms with E-state index in [9.17, 15) is 5.11 Å². The Morgan fingerprint density at radius 1 is 0.931 bits per heavy atom. The molecule has 4 rings (SSSR count). The molecule has 1 fully saturated rings. The van der Waals surface area contributed by atoms with Gasteiger partial charge in [-0.3, -0.25) is 9.80 Å². The number of piperazine rings is 1. The smallest absolute Gasteiger partial charge is 0.231 e. The minimum atomic E-state index is -0.494. The lowest BCUT2D eigenvalue weighted by Crippen LogP contribution is -2.48. The topological polar surface area (TPSA) is 54.4 Å². The van der Waals surface area contributed by atoms with Crippen molar-refractivity contribution in [1.82, 2.24) is 9.80 Å². The molecule has 0 bridgehead atoms. The highest BCUT2D eigenvalue weighted by atomic mass is 35.5. The molecule has 0 radical (unpaired) electrons. The van der Waals surface area contributed by atoms with Gasteiger partial charge >= 0.3 is 0 Å². The first-order valence-electron chi connectivity index (χ1n) is 9.99. The fourth-order valence-electron chi connectivity index (χ4n) is 3.67. The molecule has 156 valence electrons. The Balaban J connectivity index is 1.13. The van der Waals surface area contributed by atoms with Gasteiger partial charge in [0.05, 0.1) is 19.3 Å². The first-order valence-corrected chi connectivity index (χ1v) is 10.4. The van der Waals surface area contributed by atoms with Crippen LogP contribution in [-0.4, -0.2) is 67.1 Å². The summed E-state index contributed by atoms with van der Waals surface area (Å²) in [5, 5.41) is 11.1. The van der Waals surface area contributed by atoms with Gasteiger partial charge in [-0.05, 0) is 35.4 Å². The average molecular weight is 419 g/mol. The van der Waals surface area contributed by atoms with Crippen molar-refractivity contribution in [1.29, 1.82) is 0 Å². The third-order valence-corrected chi connectivity index (χ3v) is 5.52. The normalized spacial score (nSPS) is 18.1. The maximum Gasteiger partial charge on any atom is 0.231 e. The van der Waals surface area contributed by atoms with Crippen molar-refractivity contribution in [3.8, 4) is 11.5 Å². The number of hydrogen-bond acceptors (Lipinski definition) is 6. The van der Waals surface area contributed by atoms with E-state index in [1.54, 1.807) is 0 Å². The molecule has 0 amide bonds. The predicted octanol–water partition coefficient (Wildman–Crippen LogP) is 2.76. The van der Waals surface area contributed by atoms with Gasteiger partial charge in [-0.15, -0.1) is 0 Å². The third kappa shape index (κ3) is 5.84. The number of aliphatic hydroxyl groups excluding tert-OH is 1. The van der Waals surface area contributed by atoms with Crippen LogP contribution in [0, 0.1) is 0 Å². The van der Waals surface area contributed by atoms with Crippen LogP contribution in [0.2, 0.25) is 5.02 Å². The number of halogens is 1. The lowest BCUT2D eigenvalue weighted by atomic mass is 10.2. The van der Waals surface area contributed by atoms with Crippen molar-refractivity contribution in [3.63, 3.8) is 0 Å². The molecular formula is C22H27ClN2O4. The molecule has 2 aromatic rings. The van der Waals surface area contributed by atoms with Gasteiger partial charge < -0.3 is 19.3 Å². The SMILES string of the molecule is OC(COCc1ccc2c(c1)OCO2)CN1CCN(Cc2ccc(Cl)cc2)CC1. The summed E-state index contributed by atoms with van der Waals surface area (Å²) in [7, 11) is 0. The minimum Gasteiger partial charge on any atom is -0.454 e. The van der Waals surface area contributed by atoms with Gasteiger partial charge in [0.2, 0.25) is 6.79 Å². The van der Waals surface area contributed by atoms with E-state index < -0.39 is 6.10 Å². The van der Waals surface area contributed by atoms with Crippen LogP contribution >= 0.6 is 11.6 Å². The van der Waals surface area contributed by atoms with Crippen molar-refractivity contribution in [2.75, 3.05) is 46.1 Å². The zero-order valence-electron chi connectivity index (χ0n) is 16.4. The van der Waals surface area contributed by atoms with E-state index in [-0.39, 0.29) is 6.79 Å². The Morgan fingerprint density at radius 3 is 2.41 bits per heavy atom. The molecule has 7 heteroatoms. The Morgan fingerprint density at radius 2 is 1.62 bits per heavy atom. The van der Waals surface area contributed by atoms with E-state index in [1.807, 2.05) is 30.3 Å². The zero-order chi connectivity index (χ0) is 20.1. The molecule has 1 unspecified atom stereocenters. The highest BCUT2D eigenvalue weighted by Gasteiger charge is 2.19. The van der Waals surface area contributed by atoms with Gasteiger partial charge in [-0.2, -0.15) is 0 Å². The summed E-state index contributed by atoms with van der Waals surface area (Å²) in [6, 6.07) is 13.8. The summed E-state index contributed by atoms with van der Waals surface area (Å²) in [4.78, 5) is 4.73. The van der Waals surface area contributed by atoms with E-state index >= 15 is 0 Å². The number of benzene rings is 2. The van der Waals surface area contributed by atoms with E-state index in [0.29, 0.717) is 19.8 Å². The van der Waals surface area contributed by atoms with Crippen molar-refractivity contribution < 1.29 is 19.3 Å². The van der Waals surface area contributed by atoms with Crippen LogP contribution in [0.15, 0.2) is 42.5 Å². The first kappa shape index (κ1) is 20.4. The summed E-state index contributed by atoms with van der Waals surface area (Å²) in [5.41, 5.74) is 2.29. The lowest BCUT2D eigenvalue weighted by molar-refractivity contribution is 0.000855. The van der Waals surface area contributed by atoms with Gasteiger partial charge in [0.25, 0.3) is 0 Å². The van der Waals surface area contributed by atoms with Crippen molar-refractivity contribution in [2.24, 2.45) is 0 Å². The molecule has 1 atom stereocenters. The van der Waals surface area contributed by atoms with Gasteiger partial charge in [0.1, 0.15) is 0 Å². The molecular weight excluding hydrogens is 392 g/mol. The Kier molecular flexibility index (Phi) is 6.90. The third-order valence-electron chi connectivity index (χ3n) is 5.27. The van der Waals surface area contributed by atoms with Gasteiger partial charge in [0.15, 0.2) is 11.5 Å². The molecule has 0 aliphatic carbocycles. The fraction of sp³-hybridized carbons (Fsp3) is 0.455. The van der Waals surface area contributed by atoms with Crippen LogP contribution in [0.3, 0.4) is 0 Å². The molecule has 2 aromatic carbocycles. The monoisotopic (exact) mass is 418 g/mol. The van der Waals surface area contributed by atoms with Gasteiger partial charge in [-0.25, -0.2) is 0 Å². The molecule has 6 nitrogen and oxygen atoms in total. The van der Waals surface area contributed by atoms with Crippen LogP contribution in [0.4, 0.5) is 0 Å². The molecule has 2 aliphatic rings. The van der Waals surface area contributed by atoms with Gasteiger partial charge in [0, 0.05) is 44.3 Å². The summed E-state index contributed by atoms with van der Waals surface area (Å²) in [6.07, 6.45) is -0.494. The largest absolute Gasteiger partial charge is 0.454 e. The molecule has 1 saturated heterocycles. The highest BCUT2D eigenvalue weighted by molar-refractivity contribution is 6.30. The summed E-state index contributed by atoms with van der Waals surface area (Å²) < 4.78 is 16.4. The molecule has 0 aromatic heterocycles. The Bertz CT molecular complexity index is 794. The van der Waals surface area contributed by atoms with Crippen LogP contribution in [-0.2, 0) is 17.9 Å². The molecule has 0 spiro atoms. The van der Waals surface area contributed by atoms with E-state index in [4.69, 9.17) is 25.8 Å². The number of rotatable bonds is 8. The molecule has 0 saturated carbocycles. The van der Waals surface area contributed by atoms with E-state index in [1.165, 1.54) is 5.56 Å². The van der Waals surface area contributed by atoms with E-state index in [2.05, 4.69) is 21.9 Å². The second-order valence-corrected chi connectivity index (χ2v) is 8.00. The second kappa shape index (κ2) is 9.78. The summed E-state index contributed by atoms with van der Waals surface area (Å²) >= 11 is 5.95. The maximum absolute atomic E-state index is 10.3. The van der Waals surface area contributed by atoms with Crippen LogP contribution in [0.1, 0.15) is 11.1 Å². The number of fused-ring (bicyclic) bond motifs is 1. The van der Waals surface area contributed by atoms with E-state index in [0.717, 1.165) is 54.8 Å². The molecule has 2 aliphatic heterocycles. The van der Waals surface area contributed by atoms with Gasteiger partial charge in [-0.1, -0.05) is 29.8 Å². The summed E-state index contributed by atoms with van der Waals surface area (Å²) in [6.45, 7) is 6.50. The number of nitrogens with zero attached hydrogens (tertiary/aromatic N) is 2. The quantitative estimate of drug-likeness (QED) is 0.711. The number of aliphatic hydroxyl groups is 1. The maximum atomic E-state index is 10.3. The fourth-order valence-corrected chi connectivity index (χ4v) is 3.80. The summed E-state index contributed by atoms with van der Waals surface area (Å²) in [5.74, 6) is 1.52. The number of β-amino-alcohol motifs (C(OH)–C–C–N with tert-alkyl or cyclic N) is 1. The molecule has 2 heterocycles.